The lowest BCUT2D eigenvalue weighted by Crippen LogP contribution is -2.51. The third-order valence-corrected chi connectivity index (χ3v) is 6.30. The fourth-order valence-corrected chi connectivity index (χ4v) is 4.48. The number of amides is 2. The number of piperazine rings is 1. The van der Waals surface area contributed by atoms with Crippen molar-refractivity contribution in [1.82, 2.24) is 9.88 Å². The number of alkyl halides is 3. The molecule has 0 bridgehead atoms. The summed E-state index contributed by atoms with van der Waals surface area (Å²) in [5.74, 6) is 1.00. The van der Waals surface area contributed by atoms with Gasteiger partial charge in [0, 0.05) is 57.1 Å². The highest BCUT2D eigenvalue weighted by Crippen LogP contribution is 2.36. The Labute approximate surface area is 193 Å². The van der Waals surface area contributed by atoms with E-state index in [0.717, 1.165) is 12.3 Å². The smallest absolute Gasteiger partial charge is 0.417 e. The van der Waals surface area contributed by atoms with Gasteiger partial charge in [0.1, 0.15) is 19.0 Å². The first-order valence-corrected chi connectivity index (χ1v) is 11.1. The second kappa shape index (κ2) is 8.69. The summed E-state index contributed by atoms with van der Waals surface area (Å²) < 4.78 is 49.4. The topological polar surface area (TPSA) is 75.2 Å². The maximum Gasteiger partial charge on any atom is 0.417 e. The summed E-state index contributed by atoms with van der Waals surface area (Å²) in [7, 11) is 0. The van der Waals surface area contributed by atoms with Gasteiger partial charge < -0.3 is 24.2 Å². The van der Waals surface area contributed by atoms with E-state index in [9.17, 15) is 22.8 Å². The largest absolute Gasteiger partial charge is 0.486 e. The van der Waals surface area contributed by atoms with Gasteiger partial charge in [0.15, 0.2) is 11.5 Å². The molecule has 3 aliphatic heterocycles. The van der Waals surface area contributed by atoms with Crippen LogP contribution >= 0.6 is 0 Å². The number of hydrogen-bond acceptors (Lipinski definition) is 6. The zero-order valence-electron chi connectivity index (χ0n) is 18.3. The molecular weight excluding hydrogens is 453 g/mol. The molecular formula is C23H23F3N4O4. The maximum atomic E-state index is 13.1. The first kappa shape index (κ1) is 22.3. The van der Waals surface area contributed by atoms with Crippen LogP contribution in [0.1, 0.15) is 12.0 Å². The van der Waals surface area contributed by atoms with Crippen LogP contribution in [0.2, 0.25) is 0 Å². The summed E-state index contributed by atoms with van der Waals surface area (Å²) in [6.45, 7) is 2.95. The van der Waals surface area contributed by atoms with Gasteiger partial charge in [0.25, 0.3) is 0 Å². The molecule has 0 N–H and O–H groups in total. The van der Waals surface area contributed by atoms with E-state index in [-0.39, 0.29) is 24.8 Å². The van der Waals surface area contributed by atoms with Crippen molar-refractivity contribution in [1.29, 1.82) is 0 Å². The molecule has 0 spiro atoms. The van der Waals surface area contributed by atoms with Gasteiger partial charge in [0.2, 0.25) is 11.8 Å². The summed E-state index contributed by atoms with van der Waals surface area (Å²) in [6.07, 6.45) is -3.47. The fourth-order valence-electron chi connectivity index (χ4n) is 4.48. The second-order valence-corrected chi connectivity index (χ2v) is 8.45. The molecule has 0 radical (unpaired) electrons. The van der Waals surface area contributed by atoms with Gasteiger partial charge >= 0.3 is 6.18 Å². The molecule has 0 aliphatic carbocycles. The van der Waals surface area contributed by atoms with E-state index in [4.69, 9.17) is 9.47 Å². The molecule has 2 amide bonds. The standard InChI is InChI=1S/C23H23F3N4O4/c24-23(25,26)16-1-4-20(27-13-16)28-5-7-29(8-6-28)22(32)15-11-21(31)30(14-15)17-2-3-18-19(12-17)34-10-9-33-18/h1-4,12-13,15H,5-11,14H2. The molecule has 1 aromatic carbocycles. The van der Waals surface area contributed by atoms with Crippen LogP contribution in [0.4, 0.5) is 24.7 Å². The predicted octanol–water partition coefficient (Wildman–Crippen LogP) is 2.57. The monoisotopic (exact) mass is 476 g/mol. The van der Waals surface area contributed by atoms with Crippen LogP contribution in [-0.2, 0) is 15.8 Å². The molecule has 0 saturated carbocycles. The molecule has 180 valence electrons. The lowest BCUT2D eigenvalue weighted by Gasteiger charge is -2.36. The van der Waals surface area contributed by atoms with Crippen LogP contribution < -0.4 is 19.3 Å². The van der Waals surface area contributed by atoms with Crippen LogP contribution in [0, 0.1) is 5.92 Å². The number of pyridine rings is 1. The third kappa shape index (κ3) is 4.34. The molecule has 2 fully saturated rings. The zero-order valence-corrected chi connectivity index (χ0v) is 18.3. The highest BCUT2D eigenvalue weighted by atomic mass is 19.4. The number of fused-ring (bicyclic) bond motifs is 1. The number of ether oxygens (including phenoxy) is 2. The average Bonchev–Trinajstić information content (AvgIpc) is 3.24. The highest BCUT2D eigenvalue weighted by molar-refractivity contribution is 6.00. The van der Waals surface area contributed by atoms with Crippen molar-refractivity contribution in [2.24, 2.45) is 5.92 Å². The van der Waals surface area contributed by atoms with Crippen LogP contribution in [0.5, 0.6) is 11.5 Å². The summed E-state index contributed by atoms with van der Waals surface area (Å²) in [6, 6.07) is 7.67. The Balaban J connectivity index is 1.19. The Bertz CT molecular complexity index is 1080. The molecule has 34 heavy (non-hydrogen) atoms. The van der Waals surface area contributed by atoms with Crippen molar-refractivity contribution in [3.05, 3.63) is 42.1 Å². The SMILES string of the molecule is O=C(C1CC(=O)N(c2ccc3c(c2)OCCO3)C1)N1CCN(c2ccc(C(F)(F)F)cn2)CC1. The lowest BCUT2D eigenvalue weighted by molar-refractivity contribution is -0.138. The predicted molar refractivity (Wildman–Crippen MR) is 116 cm³/mol. The first-order chi connectivity index (χ1) is 16.3. The number of rotatable bonds is 3. The first-order valence-electron chi connectivity index (χ1n) is 11.1. The van der Waals surface area contributed by atoms with E-state index in [1.807, 2.05) is 4.90 Å². The van der Waals surface area contributed by atoms with E-state index in [2.05, 4.69) is 4.98 Å². The molecule has 2 saturated heterocycles. The summed E-state index contributed by atoms with van der Waals surface area (Å²) in [5.41, 5.74) is -0.124. The second-order valence-electron chi connectivity index (χ2n) is 8.45. The summed E-state index contributed by atoms with van der Waals surface area (Å²) in [4.78, 5) is 34.9. The Morgan fingerprint density at radius 1 is 1.00 bits per heavy atom. The van der Waals surface area contributed by atoms with Gasteiger partial charge in [0.05, 0.1) is 11.5 Å². The van der Waals surface area contributed by atoms with E-state index in [1.54, 1.807) is 28.0 Å². The van der Waals surface area contributed by atoms with Gasteiger partial charge in [-0.25, -0.2) is 4.98 Å². The molecule has 3 aliphatic rings. The molecule has 11 heteroatoms. The number of aromatic nitrogens is 1. The van der Waals surface area contributed by atoms with Crippen molar-refractivity contribution in [2.45, 2.75) is 12.6 Å². The van der Waals surface area contributed by atoms with E-state index in [1.165, 1.54) is 6.07 Å². The minimum atomic E-state index is -4.43. The number of halogens is 3. The Hall–Kier alpha value is -3.50. The number of carbonyl (C=O) groups is 2. The van der Waals surface area contributed by atoms with Gasteiger partial charge in [-0.3, -0.25) is 9.59 Å². The van der Waals surface area contributed by atoms with Crippen molar-refractivity contribution >= 4 is 23.3 Å². The van der Waals surface area contributed by atoms with Crippen LogP contribution in [0.25, 0.3) is 0 Å². The maximum absolute atomic E-state index is 13.1. The lowest BCUT2D eigenvalue weighted by atomic mass is 10.1. The number of carbonyl (C=O) groups excluding carboxylic acids is 2. The van der Waals surface area contributed by atoms with Crippen molar-refractivity contribution in [3.63, 3.8) is 0 Å². The summed E-state index contributed by atoms with van der Waals surface area (Å²) >= 11 is 0. The van der Waals surface area contributed by atoms with Gasteiger partial charge in [-0.15, -0.1) is 0 Å². The van der Waals surface area contributed by atoms with Gasteiger partial charge in [-0.05, 0) is 24.3 Å². The van der Waals surface area contributed by atoms with Gasteiger partial charge in [-0.2, -0.15) is 13.2 Å². The Kier molecular flexibility index (Phi) is 5.70. The third-order valence-electron chi connectivity index (χ3n) is 6.30. The zero-order chi connectivity index (χ0) is 23.9. The number of hydrogen-bond donors (Lipinski definition) is 0. The van der Waals surface area contributed by atoms with Crippen molar-refractivity contribution in [3.8, 4) is 11.5 Å². The average molecular weight is 476 g/mol. The Morgan fingerprint density at radius 3 is 2.41 bits per heavy atom. The normalized spacial score (nSPS) is 20.6. The molecule has 1 unspecified atom stereocenters. The number of nitrogens with zero attached hydrogens (tertiary/aromatic N) is 4. The van der Waals surface area contributed by atoms with Crippen LogP contribution in [-0.4, -0.2) is 67.6 Å². The van der Waals surface area contributed by atoms with Crippen molar-refractivity contribution < 1.29 is 32.2 Å². The van der Waals surface area contributed by atoms with Crippen LogP contribution in [0.3, 0.4) is 0 Å². The van der Waals surface area contributed by atoms with Crippen molar-refractivity contribution in [2.75, 3.05) is 55.7 Å². The van der Waals surface area contributed by atoms with Crippen LogP contribution in [0.15, 0.2) is 36.5 Å². The Morgan fingerprint density at radius 2 is 1.74 bits per heavy atom. The quantitative estimate of drug-likeness (QED) is 0.678. The van der Waals surface area contributed by atoms with Gasteiger partial charge in [-0.1, -0.05) is 0 Å². The van der Waals surface area contributed by atoms with E-state index in [0.29, 0.717) is 62.4 Å². The summed E-state index contributed by atoms with van der Waals surface area (Å²) in [5, 5.41) is 0. The van der Waals surface area contributed by atoms with E-state index >= 15 is 0 Å². The molecule has 1 aromatic heterocycles. The molecule has 4 heterocycles. The molecule has 1 atom stereocenters. The number of benzene rings is 1. The van der Waals surface area contributed by atoms with E-state index < -0.39 is 17.7 Å². The molecule has 8 nitrogen and oxygen atoms in total. The fraction of sp³-hybridized carbons (Fsp3) is 0.435. The minimum Gasteiger partial charge on any atom is -0.486 e. The highest BCUT2D eigenvalue weighted by Gasteiger charge is 2.38. The molecule has 2 aromatic rings. The minimum absolute atomic E-state index is 0.0894. The number of anilines is 2. The molecule has 5 rings (SSSR count).